The van der Waals surface area contributed by atoms with E-state index in [1.54, 1.807) is 0 Å². The Balaban J connectivity index is 2.20. The fourth-order valence-electron chi connectivity index (χ4n) is 2.48. The molecule has 1 atom stereocenters. The number of ether oxygens (including phenoxy) is 1. The third kappa shape index (κ3) is 3.79. The van der Waals surface area contributed by atoms with Gasteiger partial charge in [0.1, 0.15) is 11.9 Å². The van der Waals surface area contributed by atoms with Gasteiger partial charge in [-0.2, -0.15) is 4.31 Å². The van der Waals surface area contributed by atoms with Crippen LogP contribution in [-0.4, -0.2) is 38.4 Å². The zero-order valence-corrected chi connectivity index (χ0v) is 12.6. The number of rotatable bonds is 4. The standard InChI is InChI=1S/C14H18FNO4S/c1-20-14(17)13-4-2-3-9-16(13)21(18,19)10-11-5-7-12(15)8-6-11/h5-8,13H,2-4,9-10H2,1H3/t13-/m1/s1. The molecule has 0 radical (unpaired) electrons. The van der Waals surface area contributed by atoms with Gasteiger partial charge in [-0.25, -0.2) is 12.8 Å². The molecule has 1 aromatic rings. The van der Waals surface area contributed by atoms with Gasteiger partial charge in [0, 0.05) is 6.54 Å². The first-order chi connectivity index (χ1) is 9.94. The monoisotopic (exact) mass is 315 g/mol. The maximum absolute atomic E-state index is 12.9. The molecule has 0 aromatic heterocycles. The molecule has 0 unspecified atom stereocenters. The van der Waals surface area contributed by atoms with Crippen LogP contribution in [0.1, 0.15) is 24.8 Å². The lowest BCUT2D eigenvalue weighted by molar-refractivity contribution is -0.146. The first kappa shape index (κ1) is 15.9. The van der Waals surface area contributed by atoms with Crippen molar-refractivity contribution in [1.82, 2.24) is 4.31 Å². The molecule has 0 amide bonds. The van der Waals surface area contributed by atoms with Crippen LogP contribution in [0.5, 0.6) is 0 Å². The Morgan fingerprint density at radius 2 is 2.00 bits per heavy atom. The Morgan fingerprint density at radius 3 is 2.62 bits per heavy atom. The van der Waals surface area contributed by atoms with Gasteiger partial charge in [0.2, 0.25) is 10.0 Å². The largest absolute Gasteiger partial charge is 0.468 e. The molecule has 7 heteroatoms. The zero-order chi connectivity index (χ0) is 15.5. The third-order valence-corrected chi connectivity index (χ3v) is 5.40. The van der Waals surface area contributed by atoms with Gasteiger partial charge in [0.05, 0.1) is 12.9 Å². The van der Waals surface area contributed by atoms with E-state index >= 15 is 0 Å². The Bertz CT molecular complexity index is 600. The van der Waals surface area contributed by atoms with Crippen LogP contribution in [0.25, 0.3) is 0 Å². The van der Waals surface area contributed by atoms with Gasteiger partial charge in [-0.05, 0) is 37.0 Å². The fraction of sp³-hybridized carbons (Fsp3) is 0.500. The van der Waals surface area contributed by atoms with E-state index in [0.29, 0.717) is 18.5 Å². The summed E-state index contributed by atoms with van der Waals surface area (Å²) in [5.74, 6) is -1.19. The Morgan fingerprint density at radius 1 is 1.33 bits per heavy atom. The minimum atomic E-state index is -3.64. The number of nitrogens with zero attached hydrogens (tertiary/aromatic N) is 1. The molecule has 0 N–H and O–H groups in total. The molecule has 1 saturated heterocycles. The predicted molar refractivity (Wildman–Crippen MR) is 75.4 cm³/mol. The zero-order valence-electron chi connectivity index (χ0n) is 11.8. The summed E-state index contributed by atoms with van der Waals surface area (Å²) in [6.45, 7) is 0.309. The smallest absolute Gasteiger partial charge is 0.324 e. The van der Waals surface area contributed by atoms with Crippen molar-refractivity contribution in [3.8, 4) is 0 Å². The van der Waals surface area contributed by atoms with Crippen molar-refractivity contribution in [2.24, 2.45) is 0 Å². The van der Waals surface area contributed by atoms with Gasteiger partial charge < -0.3 is 4.74 Å². The lowest BCUT2D eigenvalue weighted by Crippen LogP contribution is -2.48. The summed E-state index contributed by atoms with van der Waals surface area (Å²) in [4.78, 5) is 11.7. The highest BCUT2D eigenvalue weighted by molar-refractivity contribution is 7.88. The number of hydrogen-bond acceptors (Lipinski definition) is 4. The minimum Gasteiger partial charge on any atom is -0.468 e. The number of piperidine rings is 1. The third-order valence-electron chi connectivity index (χ3n) is 3.55. The number of carbonyl (C=O) groups excluding carboxylic acids is 1. The molecule has 0 aliphatic carbocycles. The van der Waals surface area contributed by atoms with E-state index in [9.17, 15) is 17.6 Å². The lowest BCUT2D eigenvalue weighted by atomic mass is 10.1. The molecule has 1 aromatic carbocycles. The highest BCUT2D eigenvalue weighted by Crippen LogP contribution is 2.23. The molecule has 1 aliphatic heterocycles. The summed E-state index contributed by atoms with van der Waals surface area (Å²) in [5, 5.41) is 0. The van der Waals surface area contributed by atoms with Gasteiger partial charge in [0.15, 0.2) is 0 Å². The molecule has 0 bridgehead atoms. The molecule has 2 rings (SSSR count). The topological polar surface area (TPSA) is 63.7 Å². The van der Waals surface area contributed by atoms with E-state index in [1.807, 2.05) is 0 Å². The average Bonchev–Trinajstić information content (AvgIpc) is 2.48. The van der Waals surface area contributed by atoms with Crippen molar-refractivity contribution >= 4 is 16.0 Å². The summed E-state index contributed by atoms with van der Waals surface area (Å²) >= 11 is 0. The van der Waals surface area contributed by atoms with Crippen LogP contribution in [0, 0.1) is 5.82 Å². The molecule has 21 heavy (non-hydrogen) atoms. The summed E-state index contributed by atoms with van der Waals surface area (Å²) in [7, 11) is -2.39. The van der Waals surface area contributed by atoms with Crippen LogP contribution >= 0.6 is 0 Å². The second kappa shape index (κ2) is 6.53. The second-order valence-corrected chi connectivity index (χ2v) is 6.95. The molecular weight excluding hydrogens is 297 g/mol. The second-order valence-electron chi connectivity index (χ2n) is 5.03. The summed E-state index contributed by atoms with van der Waals surface area (Å²) in [6.07, 6.45) is 1.98. The number of halogens is 1. The van der Waals surface area contributed by atoms with Crippen LogP contribution in [0.3, 0.4) is 0 Å². The van der Waals surface area contributed by atoms with E-state index in [-0.39, 0.29) is 5.75 Å². The maximum atomic E-state index is 12.9. The molecule has 116 valence electrons. The molecule has 1 fully saturated rings. The van der Waals surface area contributed by atoms with Crippen molar-refractivity contribution in [1.29, 1.82) is 0 Å². The molecule has 0 saturated carbocycles. The van der Waals surface area contributed by atoms with Gasteiger partial charge in [0.25, 0.3) is 0 Å². The van der Waals surface area contributed by atoms with Crippen LogP contribution in [-0.2, 0) is 25.3 Å². The van der Waals surface area contributed by atoms with Crippen LogP contribution < -0.4 is 0 Å². The van der Waals surface area contributed by atoms with Crippen molar-refractivity contribution in [2.75, 3.05) is 13.7 Å². The van der Waals surface area contributed by atoms with E-state index in [4.69, 9.17) is 0 Å². The van der Waals surface area contributed by atoms with E-state index in [2.05, 4.69) is 4.74 Å². The minimum absolute atomic E-state index is 0.249. The maximum Gasteiger partial charge on any atom is 0.324 e. The first-order valence-electron chi connectivity index (χ1n) is 6.76. The van der Waals surface area contributed by atoms with E-state index < -0.39 is 27.9 Å². The quantitative estimate of drug-likeness (QED) is 0.793. The Kier molecular flexibility index (Phi) is 4.95. The first-order valence-corrected chi connectivity index (χ1v) is 8.37. The average molecular weight is 315 g/mol. The van der Waals surface area contributed by atoms with E-state index in [0.717, 1.165) is 12.8 Å². The van der Waals surface area contributed by atoms with Crippen LogP contribution in [0.4, 0.5) is 4.39 Å². The predicted octanol–water partition coefficient (Wildman–Crippen LogP) is 1.68. The fourth-order valence-corrected chi connectivity index (χ4v) is 4.25. The molecule has 1 heterocycles. The number of methoxy groups -OCH3 is 1. The molecular formula is C14H18FNO4S. The number of hydrogen-bond donors (Lipinski definition) is 0. The molecule has 1 aliphatic rings. The highest BCUT2D eigenvalue weighted by atomic mass is 32.2. The van der Waals surface area contributed by atoms with Gasteiger partial charge >= 0.3 is 5.97 Å². The summed E-state index contributed by atoms with van der Waals surface area (Å²) in [5.41, 5.74) is 0.491. The van der Waals surface area contributed by atoms with Crippen LogP contribution in [0.15, 0.2) is 24.3 Å². The Hall–Kier alpha value is -1.47. The Labute approximate surface area is 123 Å². The number of esters is 1. The summed E-state index contributed by atoms with van der Waals surface area (Å²) < 4.78 is 43.8. The lowest BCUT2D eigenvalue weighted by Gasteiger charge is -2.32. The SMILES string of the molecule is COC(=O)[C@H]1CCCCN1S(=O)(=O)Cc1ccc(F)cc1. The molecule has 5 nitrogen and oxygen atoms in total. The van der Waals surface area contributed by atoms with E-state index in [1.165, 1.54) is 35.7 Å². The van der Waals surface area contributed by atoms with Gasteiger partial charge in [-0.1, -0.05) is 12.1 Å². The molecule has 0 spiro atoms. The highest BCUT2D eigenvalue weighted by Gasteiger charge is 2.37. The van der Waals surface area contributed by atoms with Gasteiger partial charge in [-0.15, -0.1) is 0 Å². The van der Waals surface area contributed by atoms with Crippen molar-refractivity contribution < 1.29 is 22.3 Å². The van der Waals surface area contributed by atoms with Crippen molar-refractivity contribution in [3.63, 3.8) is 0 Å². The van der Waals surface area contributed by atoms with Gasteiger partial charge in [-0.3, -0.25) is 4.79 Å². The van der Waals surface area contributed by atoms with Crippen LogP contribution in [0.2, 0.25) is 0 Å². The number of carbonyl (C=O) groups is 1. The normalized spacial score (nSPS) is 20.2. The van der Waals surface area contributed by atoms with Crippen molar-refractivity contribution in [3.05, 3.63) is 35.6 Å². The number of benzene rings is 1. The number of sulfonamides is 1. The summed E-state index contributed by atoms with van der Waals surface area (Å²) in [6, 6.07) is 4.56. The van der Waals surface area contributed by atoms with Crippen molar-refractivity contribution in [2.45, 2.75) is 31.1 Å².